The number of aromatic nitrogens is 2. The number of nitrogens with zero attached hydrogens (tertiary/aromatic N) is 4. The molecule has 0 saturated carbocycles. The molecule has 3 rings (SSSR count). The van der Waals surface area contributed by atoms with Gasteiger partial charge in [-0.2, -0.15) is 11.8 Å². The Morgan fingerprint density at radius 1 is 1.25 bits per heavy atom. The van der Waals surface area contributed by atoms with Crippen molar-refractivity contribution in [3.8, 4) is 0 Å². The maximum Gasteiger partial charge on any atom is 0.146 e. The minimum absolute atomic E-state index is 0.456. The van der Waals surface area contributed by atoms with Gasteiger partial charge in [0, 0.05) is 23.7 Å². The molecular formula is C18H28N4S2. The highest BCUT2D eigenvalue weighted by Gasteiger charge is 2.21. The first kappa shape index (κ1) is 18.0. The zero-order chi connectivity index (χ0) is 17.3. The summed E-state index contributed by atoms with van der Waals surface area (Å²) in [6, 6.07) is 0.456. The highest BCUT2D eigenvalue weighted by atomic mass is 32.2. The van der Waals surface area contributed by atoms with E-state index in [0.717, 1.165) is 28.8 Å². The lowest BCUT2D eigenvalue weighted by Crippen LogP contribution is -2.32. The van der Waals surface area contributed by atoms with E-state index in [1.54, 1.807) is 11.3 Å². The lowest BCUT2D eigenvalue weighted by Gasteiger charge is -2.27. The molecule has 1 aliphatic heterocycles. The molecule has 0 aliphatic carbocycles. The third kappa shape index (κ3) is 3.55. The molecule has 0 N–H and O–H groups in total. The minimum atomic E-state index is 0.456. The summed E-state index contributed by atoms with van der Waals surface area (Å²) in [6.45, 7) is 9.91. The smallest absolute Gasteiger partial charge is 0.146 e. The average Bonchev–Trinajstić information content (AvgIpc) is 3.15. The van der Waals surface area contributed by atoms with E-state index < -0.39 is 0 Å². The second kappa shape index (κ2) is 7.58. The number of anilines is 1. The van der Waals surface area contributed by atoms with Crippen LogP contribution in [-0.4, -0.2) is 53.1 Å². The monoisotopic (exact) mass is 364 g/mol. The first-order valence-corrected chi connectivity index (χ1v) is 10.9. The van der Waals surface area contributed by atoms with E-state index in [1.165, 1.54) is 41.8 Å². The highest BCUT2D eigenvalue weighted by Crippen LogP contribution is 2.35. The average molecular weight is 365 g/mol. The number of likely N-dealkylation sites (tertiary alicyclic amines) is 1. The van der Waals surface area contributed by atoms with E-state index in [0.29, 0.717) is 6.04 Å². The van der Waals surface area contributed by atoms with Gasteiger partial charge in [0.05, 0.1) is 11.9 Å². The van der Waals surface area contributed by atoms with Gasteiger partial charge in [-0.15, -0.1) is 11.3 Å². The van der Waals surface area contributed by atoms with Crippen LogP contribution < -0.4 is 4.90 Å². The van der Waals surface area contributed by atoms with E-state index in [1.807, 2.05) is 11.8 Å². The summed E-state index contributed by atoms with van der Waals surface area (Å²) in [6.07, 6.45) is 4.77. The first-order valence-electron chi connectivity index (χ1n) is 8.72. The molecule has 4 nitrogen and oxygen atoms in total. The Morgan fingerprint density at radius 2 is 1.96 bits per heavy atom. The Balaban J connectivity index is 2.02. The van der Waals surface area contributed by atoms with Crippen LogP contribution in [-0.2, 0) is 6.54 Å². The number of hydrogen-bond donors (Lipinski definition) is 0. The van der Waals surface area contributed by atoms with Crippen molar-refractivity contribution in [2.45, 2.75) is 46.2 Å². The quantitative estimate of drug-likeness (QED) is 0.771. The van der Waals surface area contributed by atoms with Crippen molar-refractivity contribution in [3.63, 3.8) is 0 Å². The lowest BCUT2D eigenvalue weighted by atomic mass is 10.2. The molecule has 1 atom stereocenters. The molecule has 6 heteroatoms. The molecule has 1 fully saturated rings. The zero-order valence-electron chi connectivity index (χ0n) is 15.4. The summed E-state index contributed by atoms with van der Waals surface area (Å²) in [5.74, 6) is 3.19. The van der Waals surface area contributed by atoms with E-state index in [2.05, 4.69) is 43.9 Å². The Labute approximate surface area is 153 Å². The van der Waals surface area contributed by atoms with Crippen LogP contribution in [0.5, 0.6) is 0 Å². The second-order valence-electron chi connectivity index (χ2n) is 6.83. The van der Waals surface area contributed by atoms with Gasteiger partial charge in [-0.3, -0.25) is 4.90 Å². The molecular weight excluding hydrogens is 336 g/mol. The third-order valence-electron chi connectivity index (χ3n) is 5.02. The predicted octanol–water partition coefficient (Wildman–Crippen LogP) is 4.09. The summed E-state index contributed by atoms with van der Waals surface area (Å²) in [5, 5.41) is 1.25. The molecule has 24 heavy (non-hydrogen) atoms. The predicted molar refractivity (Wildman–Crippen MR) is 108 cm³/mol. The normalized spacial score (nSPS) is 16.9. The number of aryl methyl sites for hydroxylation is 2. The van der Waals surface area contributed by atoms with Crippen LogP contribution in [0.2, 0.25) is 0 Å². The minimum Gasteiger partial charge on any atom is -0.355 e. The van der Waals surface area contributed by atoms with Gasteiger partial charge < -0.3 is 4.90 Å². The number of thioether (sulfide) groups is 1. The number of rotatable bonds is 6. The van der Waals surface area contributed by atoms with Gasteiger partial charge in [0.2, 0.25) is 0 Å². The third-order valence-corrected chi connectivity index (χ3v) is 6.94. The number of hydrogen-bond acceptors (Lipinski definition) is 6. The fourth-order valence-electron chi connectivity index (χ4n) is 3.30. The summed E-state index contributed by atoms with van der Waals surface area (Å²) in [4.78, 5) is 17.2. The van der Waals surface area contributed by atoms with Crippen molar-refractivity contribution in [2.24, 2.45) is 0 Å². The van der Waals surface area contributed by atoms with Crippen LogP contribution in [0.1, 0.15) is 36.0 Å². The Bertz CT molecular complexity index is 707. The highest BCUT2D eigenvalue weighted by molar-refractivity contribution is 7.98. The molecule has 2 aromatic heterocycles. The van der Waals surface area contributed by atoms with Crippen LogP contribution in [0.4, 0.5) is 5.82 Å². The summed E-state index contributed by atoms with van der Waals surface area (Å²) in [5.41, 5.74) is 1.33. The van der Waals surface area contributed by atoms with Gasteiger partial charge in [-0.1, -0.05) is 0 Å². The molecule has 2 aromatic rings. The topological polar surface area (TPSA) is 32.3 Å². The van der Waals surface area contributed by atoms with E-state index in [9.17, 15) is 0 Å². The van der Waals surface area contributed by atoms with Crippen LogP contribution >= 0.6 is 23.1 Å². The van der Waals surface area contributed by atoms with Crippen molar-refractivity contribution in [1.29, 1.82) is 0 Å². The molecule has 0 bridgehead atoms. The fraction of sp³-hybridized carbons (Fsp3) is 0.667. The largest absolute Gasteiger partial charge is 0.355 e. The maximum atomic E-state index is 5.01. The van der Waals surface area contributed by atoms with Gasteiger partial charge in [-0.25, -0.2) is 9.97 Å². The summed E-state index contributed by atoms with van der Waals surface area (Å²) >= 11 is 3.69. The van der Waals surface area contributed by atoms with Crippen molar-refractivity contribution < 1.29 is 0 Å². The molecule has 132 valence electrons. The maximum absolute atomic E-state index is 5.01. The lowest BCUT2D eigenvalue weighted by molar-refractivity contribution is 0.323. The molecule has 0 radical (unpaired) electrons. The van der Waals surface area contributed by atoms with Gasteiger partial charge in [0.25, 0.3) is 0 Å². The Kier molecular flexibility index (Phi) is 5.67. The van der Waals surface area contributed by atoms with Gasteiger partial charge in [0.1, 0.15) is 16.5 Å². The van der Waals surface area contributed by atoms with Gasteiger partial charge in [-0.05, 0) is 58.5 Å². The van der Waals surface area contributed by atoms with Gasteiger partial charge >= 0.3 is 0 Å². The van der Waals surface area contributed by atoms with Crippen LogP contribution in [0.15, 0.2) is 0 Å². The second-order valence-corrected chi connectivity index (χ2v) is 8.94. The Morgan fingerprint density at radius 3 is 2.62 bits per heavy atom. The van der Waals surface area contributed by atoms with Crippen LogP contribution in [0.3, 0.4) is 0 Å². The molecule has 1 unspecified atom stereocenters. The summed E-state index contributed by atoms with van der Waals surface area (Å²) < 4.78 is 0. The molecule has 1 aliphatic rings. The zero-order valence-corrected chi connectivity index (χ0v) is 17.1. The molecule has 1 saturated heterocycles. The molecule has 0 aromatic carbocycles. The first-order chi connectivity index (χ1) is 11.5. The summed E-state index contributed by atoms with van der Waals surface area (Å²) in [7, 11) is 2.18. The van der Waals surface area contributed by atoms with E-state index in [-0.39, 0.29) is 0 Å². The van der Waals surface area contributed by atoms with Crippen molar-refractivity contribution in [3.05, 3.63) is 16.3 Å². The fourth-order valence-corrected chi connectivity index (χ4v) is 5.05. The Hall–Kier alpha value is -0.850. The number of thiophene rings is 1. The SMILES string of the molecule is CSCC(C)N(C)c1nc(CN2CCCC2)nc2sc(C)c(C)c12. The number of fused-ring (bicyclic) bond motifs is 1. The molecule has 0 amide bonds. The molecule has 3 heterocycles. The van der Waals surface area contributed by atoms with Gasteiger partial charge in [0.15, 0.2) is 0 Å². The van der Waals surface area contributed by atoms with E-state index >= 15 is 0 Å². The van der Waals surface area contributed by atoms with E-state index in [4.69, 9.17) is 9.97 Å². The van der Waals surface area contributed by atoms with Crippen molar-refractivity contribution >= 4 is 39.1 Å². The standard InChI is InChI=1S/C18H28N4S2/c1-12(11-23-5)21(4)17-16-13(2)14(3)24-18(16)20-15(19-17)10-22-8-6-7-9-22/h12H,6-11H2,1-5H3. The van der Waals surface area contributed by atoms with Crippen molar-refractivity contribution in [2.75, 3.05) is 37.0 Å². The van der Waals surface area contributed by atoms with Crippen molar-refractivity contribution in [1.82, 2.24) is 14.9 Å². The molecule has 0 spiro atoms. The van der Waals surface area contributed by atoms with Crippen LogP contribution in [0.25, 0.3) is 10.2 Å². The van der Waals surface area contributed by atoms with Crippen LogP contribution in [0, 0.1) is 13.8 Å².